The molecule has 3 aliphatic rings. The summed E-state index contributed by atoms with van der Waals surface area (Å²) in [7, 11) is 0. The number of hydrazine groups is 1. The maximum Gasteiger partial charge on any atom is 0.234 e. The van der Waals surface area contributed by atoms with Crippen LogP contribution in [0.15, 0.2) is 36.2 Å². The van der Waals surface area contributed by atoms with Gasteiger partial charge >= 0.3 is 0 Å². The number of hydrogen-bond donors (Lipinski definition) is 1. The van der Waals surface area contributed by atoms with Crippen molar-refractivity contribution in [1.82, 2.24) is 24.8 Å². The molecule has 5 rings (SSSR count). The molecule has 0 aromatic carbocycles. The summed E-state index contributed by atoms with van der Waals surface area (Å²) in [6.07, 6.45) is 3.04. The van der Waals surface area contributed by atoms with Gasteiger partial charge in [-0.2, -0.15) is 0 Å². The molecule has 2 saturated heterocycles. The van der Waals surface area contributed by atoms with Crippen LogP contribution in [0.25, 0.3) is 0 Å². The summed E-state index contributed by atoms with van der Waals surface area (Å²) in [5.41, 5.74) is 3.09. The van der Waals surface area contributed by atoms with Crippen molar-refractivity contribution in [3.05, 3.63) is 52.8 Å². The average Bonchev–Trinajstić information content (AvgIpc) is 3.50. The SMILES string of the molecule is O=C1C(N2CC2)=CC(=O)c2c1n[n+]([O-])n2NN1CCN(c2ccccn2)CC1. The largest absolute Gasteiger partial charge is 0.672 e. The van der Waals surface area contributed by atoms with Crippen LogP contribution in [0.5, 0.6) is 0 Å². The van der Waals surface area contributed by atoms with Crippen LogP contribution in [0.2, 0.25) is 0 Å². The molecule has 144 valence electrons. The molecule has 0 unspecified atom stereocenters. The lowest BCUT2D eigenvalue weighted by atomic mass is 10.0. The number of nitrogens with zero attached hydrogens (tertiary/aromatic N) is 7. The average molecular weight is 382 g/mol. The van der Waals surface area contributed by atoms with Crippen molar-refractivity contribution in [2.24, 2.45) is 0 Å². The van der Waals surface area contributed by atoms with Crippen molar-refractivity contribution in [3.63, 3.8) is 0 Å². The number of carbonyl (C=O) groups is 2. The topological polar surface area (TPSA) is 113 Å². The molecule has 11 nitrogen and oxygen atoms in total. The molecule has 2 aliphatic heterocycles. The Morgan fingerprint density at radius 2 is 1.79 bits per heavy atom. The van der Waals surface area contributed by atoms with Gasteiger partial charge in [-0.25, -0.2) is 4.98 Å². The van der Waals surface area contributed by atoms with E-state index in [9.17, 15) is 14.8 Å². The third-order valence-electron chi connectivity index (χ3n) is 5.02. The highest BCUT2D eigenvalue weighted by molar-refractivity contribution is 6.22. The smallest absolute Gasteiger partial charge is 0.234 e. The van der Waals surface area contributed by atoms with E-state index >= 15 is 0 Å². The molecule has 0 radical (unpaired) electrons. The number of fused-ring (bicyclic) bond motifs is 1. The first-order chi connectivity index (χ1) is 13.6. The van der Waals surface area contributed by atoms with Gasteiger partial charge in [0, 0.05) is 38.5 Å². The molecule has 1 N–H and O–H groups in total. The van der Waals surface area contributed by atoms with Crippen LogP contribution in [0, 0.1) is 5.21 Å². The minimum atomic E-state index is -0.404. The Hall–Kier alpha value is -3.47. The number of anilines is 1. The molecule has 4 heterocycles. The quantitative estimate of drug-likeness (QED) is 0.394. The molecular weight excluding hydrogens is 364 g/mol. The van der Waals surface area contributed by atoms with E-state index in [1.807, 2.05) is 23.2 Å². The van der Waals surface area contributed by atoms with Crippen molar-refractivity contribution < 1.29 is 14.5 Å². The predicted molar refractivity (Wildman–Crippen MR) is 96.9 cm³/mol. The molecule has 2 aromatic rings. The molecule has 2 fully saturated rings. The number of rotatable bonds is 4. The lowest BCUT2D eigenvalue weighted by molar-refractivity contribution is -0.746. The van der Waals surface area contributed by atoms with Gasteiger partial charge in [0.05, 0.1) is 18.8 Å². The van der Waals surface area contributed by atoms with E-state index in [1.54, 1.807) is 11.1 Å². The lowest BCUT2D eigenvalue weighted by Gasteiger charge is -2.32. The Kier molecular flexibility index (Phi) is 3.76. The molecule has 2 aromatic heterocycles. The van der Waals surface area contributed by atoms with Gasteiger partial charge in [0.1, 0.15) is 5.82 Å². The molecule has 0 saturated carbocycles. The van der Waals surface area contributed by atoms with Crippen molar-refractivity contribution in [2.75, 3.05) is 49.7 Å². The predicted octanol–water partition coefficient (Wildman–Crippen LogP) is -1.23. The Labute approximate surface area is 159 Å². The Bertz CT molecular complexity index is 974. The van der Waals surface area contributed by atoms with Gasteiger partial charge in [-0.05, 0) is 21.9 Å². The fraction of sp³-hybridized carbons (Fsp3) is 0.353. The fourth-order valence-electron chi connectivity index (χ4n) is 3.44. The van der Waals surface area contributed by atoms with E-state index in [0.717, 1.165) is 23.7 Å². The number of hydrogen-bond acceptors (Lipinski definition) is 9. The molecule has 0 bridgehead atoms. The highest BCUT2D eigenvalue weighted by Crippen LogP contribution is 2.25. The molecule has 11 heteroatoms. The van der Waals surface area contributed by atoms with E-state index in [1.165, 1.54) is 6.08 Å². The van der Waals surface area contributed by atoms with Gasteiger partial charge in [-0.3, -0.25) is 9.59 Å². The zero-order valence-corrected chi connectivity index (χ0v) is 15.0. The summed E-state index contributed by atoms with van der Waals surface area (Å²) in [5.74, 6) is 0.102. The van der Waals surface area contributed by atoms with Gasteiger partial charge in [0.15, 0.2) is 5.69 Å². The van der Waals surface area contributed by atoms with Crippen molar-refractivity contribution >= 4 is 17.4 Å². The molecule has 28 heavy (non-hydrogen) atoms. The van der Waals surface area contributed by atoms with Gasteiger partial charge in [-0.1, -0.05) is 11.2 Å². The van der Waals surface area contributed by atoms with E-state index < -0.39 is 11.6 Å². The third-order valence-corrected chi connectivity index (χ3v) is 5.02. The molecule has 0 atom stereocenters. The Balaban J connectivity index is 1.32. The maximum absolute atomic E-state index is 12.6. The van der Waals surface area contributed by atoms with Gasteiger partial charge < -0.3 is 15.0 Å². The van der Waals surface area contributed by atoms with Gasteiger partial charge in [0.2, 0.25) is 17.3 Å². The highest BCUT2D eigenvalue weighted by atomic mass is 16.5. The van der Waals surface area contributed by atoms with Crippen molar-refractivity contribution in [2.45, 2.75) is 0 Å². The van der Waals surface area contributed by atoms with Crippen molar-refractivity contribution in [1.29, 1.82) is 0 Å². The molecule has 1 aliphatic carbocycles. The second kappa shape index (κ2) is 6.30. The number of Topliss-reactive ketones (excluding diaryl/α,β-unsaturated/α-hetero) is 1. The summed E-state index contributed by atoms with van der Waals surface area (Å²) in [6, 6.07) is 5.76. The summed E-state index contributed by atoms with van der Waals surface area (Å²) < 4.78 is 0. The minimum absolute atomic E-state index is 0.0299. The number of nitrogens with one attached hydrogen (secondary N) is 1. The summed E-state index contributed by atoms with van der Waals surface area (Å²) in [6.45, 7) is 4.06. The first-order valence-corrected chi connectivity index (χ1v) is 9.08. The Morgan fingerprint density at radius 1 is 1.04 bits per heavy atom. The standard InChI is InChI=1S/C17H18N8O3/c26-13-11-12(21-5-6-21)17(27)15-16(13)24(25(28)19-15)20-23-9-7-22(8-10-23)14-3-1-2-4-18-14/h1-4,11,20H,5-10H2. The van der Waals surface area contributed by atoms with E-state index in [4.69, 9.17) is 0 Å². The molecular formula is C17H18N8O3. The lowest BCUT2D eigenvalue weighted by Crippen LogP contribution is -2.56. The number of aromatic nitrogens is 4. The Morgan fingerprint density at radius 3 is 2.46 bits per heavy atom. The zero-order chi connectivity index (χ0) is 19.3. The van der Waals surface area contributed by atoms with Crippen LogP contribution in [-0.2, 0) is 0 Å². The van der Waals surface area contributed by atoms with Crippen LogP contribution >= 0.6 is 0 Å². The third kappa shape index (κ3) is 2.76. The number of pyridine rings is 1. The maximum atomic E-state index is 12.6. The normalized spacial score (nSPS) is 19.5. The summed E-state index contributed by atoms with van der Waals surface area (Å²) in [5, 5.41) is 17.8. The van der Waals surface area contributed by atoms with Crippen molar-refractivity contribution in [3.8, 4) is 0 Å². The molecule has 0 amide bonds. The molecule has 0 spiro atoms. The van der Waals surface area contributed by atoms with Crippen LogP contribution in [0.4, 0.5) is 5.82 Å². The second-order valence-electron chi connectivity index (χ2n) is 6.83. The van der Waals surface area contributed by atoms with E-state index in [-0.39, 0.29) is 16.3 Å². The van der Waals surface area contributed by atoms with Crippen LogP contribution in [-0.4, -0.2) is 75.6 Å². The number of piperazine rings is 1. The number of carbonyl (C=O) groups excluding carboxylic acids is 2. The number of ketones is 2. The van der Waals surface area contributed by atoms with E-state index in [2.05, 4.69) is 20.5 Å². The van der Waals surface area contributed by atoms with Gasteiger partial charge in [0.25, 0.3) is 0 Å². The first kappa shape index (κ1) is 16.7. The summed E-state index contributed by atoms with van der Waals surface area (Å²) >= 11 is 0. The minimum Gasteiger partial charge on any atom is -0.672 e. The van der Waals surface area contributed by atoms with Gasteiger partial charge in [-0.15, -0.1) is 10.5 Å². The van der Waals surface area contributed by atoms with E-state index in [0.29, 0.717) is 31.9 Å². The zero-order valence-electron chi connectivity index (χ0n) is 15.0. The first-order valence-electron chi connectivity index (χ1n) is 9.08. The van der Waals surface area contributed by atoms with Crippen LogP contribution < -0.4 is 15.4 Å². The second-order valence-corrected chi connectivity index (χ2v) is 6.83. The fourth-order valence-corrected chi connectivity index (χ4v) is 3.44. The van der Waals surface area contributed by atoms with Crippen LogP contribution in [0.1, 0.15) is 21.0 Å². The number of allylic oxidation sites excluding steroid dienone is 2. The highest BCUT2D eigenvalue weighted by Gasteiger charge is 2.40. The monoisotopic (exact) mass is 382 g/mol. The van der Waals surface area contributed by atoms with Crippen LogP contribution in [0.3, 0.4) is 0 Å². The summed E-state index contributed by atoms with van der Waals surface area (Å²) in [4.78, 5) is 34.6.